The third-order valence-corrected chi connectivity index (χ3v) is 3.80. The number of ether oxygens (including phenoxy) is 1. The van der Waals surface area contributed by atoms with E-state index in [4.69, 9.17) is 0 Å². The van der Waals surface area contributed by atoms with Crippen LogP contribution in [0, 0.1) is 0 Å². The number of rotatable bonds is 2. The summed E-state index contributed by atoms with van der Waals surface area (Å²) in [6, 6.07) is 8.53. The van der Waals surface area contributed by atoms with Crippen molar-refractivity contribution in [2.75, 3.05) is 7.11 Å². The topological polar surface area (TPSA) is 72.0 Å². The average Bonchev–Trinajstić information content (AvgIpc) is 2.95. The number of carbonyl (C=O) groups is 1. The number of H-pyrrole nitrogens is 1. The molecule has 0 unspecified atom stereocenters. The Labute approximate surface area is 117 Å². The summed E-state index contributed by atoms with van der Waals surface area (Å²) in [5.41, 5.74) is 1.71. The third kappa shape index (κ3) is 2.10. The molecule has 1 N–H and O–H groups in total. The number of benzene rings is 1. The molecule has 2 aromatic heterocycles. The molecule has 0 saturated carbocycles. The molecule has 0 aliphatic rings. The Morgan fingerprint density at radius 1 is 1.25 bits per heavy atom. The second-order valence-corrected chi connectivity index (χ2v) is 5.03. The van der Waals surface area contributed by atoms with Gasteiger partial charge in [-0.3, -0.25) is 4.79 Å². The van der Waals surface area contributed by atoms with Crippen LogP contribution in [0.4, 0.5) is 0 Å². The molecule has 0 bridgehead atoms. The highest BCUT2D eigenvalue weighted by atomic mass is 32.1. The number of nitrogens with one attached hydrogen (secondary N) is 1. The van der Waals surface area contributed by atoms with Gasteiger partial charge in [-0.2, -0.15) is 0 Å². The highest BCUT2D eigenvalue weighted by molar-refractivity contribution is 7.17. The van der Waals surface area contributed by atoms with Gasteiger partial charge in [0.25, 0.3) is 5.56 Å². The van der Waals surface area contributed by atoms with Crippen LogP contribution < -0.4 is 5.56 Å². The number of aromatic amines is 1. The number of esters is 1. The zero-order valence-electron chi connectivity index (χ0n) is 10.5. The first-order chi connectivity index (χ1) is 9.69. The summed E-state index contributed by atoms with van der Waals surface area (Å²) in [5, 5.41) is 1.83. The van der Waals surface area contributed by atoms with Crippen molar-refractivity contribution in [2.24, 2.45) is 0 Å². The minimum Gasteiger partial charge on any atom is -0.465 e. The van der Waals surface area contributed by atoms with Crippen LogP contribution in [-0.2, 0) is 4.74 Å². The number of aromatic nitrogens is 2. The second-order valence-electron chi connectivity index (χ2n) is 4.12. The number of hydrogen-bond acceptors (Lipinski definition) is 5. The van der Waals surface area contributed by atoms with E-state index < -0.39 is 5.97 Å². The van der Waals surface area contributed by atoms with Crippen LogP contribution in [0.5, 0.6) is 0 Å². The van der Waals surface area contributed by atoms with E-state index in [1.54, 1.807) is 24.3 Å². The van der Waals surface area contributed by atoms with E-state index in [-0.39, 0.29) is 5.56 Å². The van der Waals surface area contributed by atoms with E-state index >= 15 is 0 Å². The monoisotopic (exact) mass is 286 g/mol. The number of nitrogens with zero attached hydrogens (tertiary/aromatic N) is 1. The fourth-order valence-corrected chi connectivity index (χ4v) is 2.62. The maximum Gasteiger partial charge on any atom is 0.337 e. The Kier molecular flexibility index (Phi) is 3.08. The van der Waals surface area contributed by atoms with Crippen molar-refractivity contribution in [3.63, 3.8) is 0 Å². The van der Waals surface area contributed by atoms with Gasteiger partial charge in [-0.05, 0) is 23.6 Å². The predicted molar refractivity (Wildman–Crippen MR) is 77.0 cm³/mol. The van der Waals surface area contributed by atoms with E-state index in [9.17, 15) is 9.59 Å². The van der Waals surface area contributed by atoms with Crippen molar-refractivity contribution in [1.29, 1.82) is 0 Å². The van der Waals surface area contributed by atoms with Crippen LogP contribution >= 0.6 is 11.3 Å². The fourth-order valence-electron chi connectivity index (χ4n) is 1.89. The molecule has 2 heterocycles. The van der Waals surface area contributed by atoms with E-state index in [1.807, 2.05) is 11.4 Å². The zero-order valence-corrected chi connectivity index (χ0v) is 11.4. The van der Waals surface area contributed by atoms with Gasteiger partial charge in [0, 0.05) is 5.56 Å². The van der Waals surface area contributed by atoms with Gasteiger partial charge in [0.2, 0.25) is 0 Å². The standard InChI is InChI=1S/C14H10N2O3S/c1-19-14(18)9-4-2-8(3-5-9)12-15-10-6-7-20-11(10)13(17)16-12/h2-7H,1H3,(H,15,16,17). The van der Waals surface area contributed by atoms with Gasteiger partial charge in [-0.25, -0.2) is 9.78 Å². The summed E-state index contributed by atoms with van der Waals surface area (Å²) in [5.74, 6) is 0.0867. The van der Waals surface area contributed by atoms with E-state index in [0.717, 1.165) is 5.56 Å². The molecule has 20 heavy (non-hydrogen) atoms. The SMILES string of the molecule is COC(=O)c1ccc(-c2nc3ccsc3c(=O)[nH]2)cc1. The van der Waals surface area contributed by atoms with Crippen molar-refractivity contribution in [2.45, 2.75) is 0 Å². The maximum absolute atomic E-state index is 11.9. The van der Waals surface area contributed by atoms with Gasteiger partial charge in [-0.15, -0.1) is 11.3 Å². The Bertz CT molecular complexity index is 833. The van der Waals surface area contributed by atoms with Crippen molar-refractivity contribution in [1.82, 2.24) is 9.97 Å². The molecule has 0 radical (unpaired) electrons. The molecular weight excluding hydrogens is 276 g/mol. The van der Waals surface area contributed by atoms with Gasteiger partial charge in [0.1, 0.15) is 10.5 Å². The molecule has 0 aliphatic carbocycles. The van der Waals surface area contributed by atoms with Crippen LogP contribution in [0.3, 0.4) is 0 Å². The van der Waals surface area contributed by atoms with E-state index in [0.29, 0.717) is 21.6 Å². The van der Waals surface area contributed by atoms with Crippen molar-refractivity contribution < 1.29 is 9.53 Å². The van der Waals surface area contributed by atoms with Gasteiger partial charge >= 0.3 is 5.97 Å². The first-order valence-electron chi connectivity index (χ1n) is 5.85. The summed E-state index contributed by atoms with van der Waals surface area (Å²) < 4.78 is 5.25. The van der Waals surface area contributed by atoms with Gasteiger partial charge in [-0.1, -0.05) is 12.1 Å². The lowest BCUT2D eigenvalue weighted by molar-refractivity contribution is 0.0601. The molecule has 0 fully saturated rings. The van der Waals surface area contributed by atoms with Gasteiger partial charge in [0.15, 0.2) is 0 Å². The summed E-state index contributed by atoms with van der Waals surface area (Å²) >= 11 is 1.36. The molecular formula is C14H10N2O3S. The van der Waals surface area contributed by atoms with Crippen molar-refractivity contribution >= 4 is 27.5 Å². The lowest BCUT2D eigenvalue weighted by Crippen LogP contribution is -2.07. The summed E-state index contributed by atoms with van der Waals surface area (Å²) in [7, 11) is 1.33. The smallest absolute Gasteiger partial charge is 0.337 e. The van der Waals surface area contributed by atoms with Crippen LogP contribution in [-0.4, -0.2) is 23.0 Å². The Morgan fingerprint density at radius 2 is 2.00 bits per heavy atom. The molecule has 0 saturated heterocycles. The molecule has 6 heteroatoms. The number of methoxy groups -OCH3 is 1. The molecule has 0 atom stereocenters. The highest BCUT2D eigenvalue weighted by Crippen LogP contribution is 2.19. The first-order valence-corrected chi connectivity index (χ1v) is 6.73. The summed E-state index contributed by atoms with van der Waals surface area (Å²) in [6.07, 6.45) is 0. The van der Waals surface area contributed by atoms with Crippen LogP contribution in [0.2, 0.25) is 0 Å². The third-order valence-electron chi connectivity index (χ3n) is 2.89. The summed E-state index contributed by atoms with van der Waals surface area (Å²) in [4.78, 5) is 30.4. The minimum atomic E-state index is -0.397. The molecule has 3 rings (SSSR count). The molecule has 0 aliphatic heterocycles. The van der Waals surface area contributed by atoms with Crippen molar-refractivity contribution in [3.8, 4) is 11.4 Å². The fraction of sp³-hybridized carbons (Fsp3) is 0.0714. The predicted octanol–water partition coefficient (Wildman–Crippen LogP) is 2.44. The number of thiophene rings is 1. The second kappa shape index (κ2) is 4.90. The molecule has 1 aromatic carbocycles. The molecule has 100 valence electrons. The minimum absolute atomic E-state index is 0.156. The highest BCUT2D eigenvalue weighted by Gasteiger charge is 2.09. The average molecular weight is 286 g/mol. The largest absolute Gasteiger partial charge is 0.465 e. The van der Waals surface area contributed by atoms with E-state index in [1.165, 1.54) is 18.4 Å². The Balaban J connectivity index is 2.06. The van der Waals surface area contributed by atoms with Gasteiger partial charge < -0.3 is 9.72 Å². The lowest BCUT2D eigenvalue weighted by atomic mass is 10.1. The summed E-state index contributed by atoms with van der Waals surface area (Å²) in [6.45, 7) is 0. The zero-order chi connectivity index (χ0) is 14.1. The van der Waals surface area contributed by atoms with E-state index in [2.05, 4.69) is 14.7 Å². The number of hydrogen-bond donors (Lipinski definition) is 1. The number of carbonyl (C=O) groups excluding carboxylic acids is 1. The molecule has 5 nitrogen and oxygen atoms in total. The number of fused-ring (bicyclic) bond motifs is 1. The van der Waals surface area contributed by atoms with Crippen LogP contribution in [0.1, 0.15) is 10.4 Å². The maximum atomic E-state index is 11.9. The Morgan fingerprint density at radius 3 is 2.70 bits per heavy atom. The molecule has 0 spiro atoms. The van der Waals surface area contributed by atoms with Crippen molar-refractivity contribution in [3.05, 3.63) is 51.6 Å². The first kappa shape index (κ1) is 12.6. The normalized spacial score (nSPS) is 10.7. The lowest BCUT2D eigenvalue weighted by Gasteiger charge is -2.03. The quantitative estimate of drug-likeness (QED) is 0.734. The van der Waals surface area contributed by atoms with Crippen LogP contribution in [0.25, 0.3) is 21.6 Å². The Hall–Kier alpha value is -2.47. The molecule has 3 aromatic rings. The molecule has 0 amide bonds. The van der Waals surface area contributed by atoms with Gasteiger partial charge in [0.05, 0.1) is 18.2 Å². The van der Waals surface area contributed by atoms with Crippen LogP contribution in [0.15, 0.2) is 40.5 Å².